The highest BCUT2D eigenvalue weighted by Crippen LogP contribution is 2.25. The average molecular weight is 322 g/mol. The first-order valence-corrected chi connectivity index (χ1v) is 6.83. The van der Waals surface area contributed by atoms with Crippen molar-refractivity contribution in [1.29, 1.82) is 0 Å². The molecule has 0 bridgehead atoms. The maximum absolute atomic E-state index is 8.90. The van der Waals surface area contributed by atoms with Gasteiger partial charge in [0.05, 0.1) is 12.3 Å². The van der Waals surface area contributed by atoms with Gasteiger partial charge < -0.3 is 10.0 Å². The molecule has 5 heteroatoms. The van der Waals surface area contributed by atoms with E-state index in [1.165, 1.54) is 0 Å². The normalized spacial score (nSPS) is 10.5. The van der Waals surface area contributed by atoms with Crippen molar-refractivity contribution in [3.8, 4) is 11.3 Å². The molecule has 2 rings (SSSR count). The Hall–Kier alpha value is -1.46. The summed E-state index contributed by atoms with van der Waals surface area (Å²) in [6.07, 6.45) is 0. The van der Waals surface area contributed by atoms with Gasteiger partial charge in [-0.15, -0.1) is 10.2 Å². The number of likely N-dealkylation sites (N-methyl/N-ethyl adjacent to an activating group) is 1. The molecule has 0 aliphatic heterocycles. The molecular weight excluding hydrogens is 306 g/mol. The molecule has 1 aromatic heterocycles. The van der Waals surface area contributed by atoms with Crippen LogP contribution in [0, 0.1) is 6.92 Å². The van der Waals surface area contributed by atoms with Gasteiger partial charge in [0.2, 0.25) is 0 Å². The third-order valence-corrected chi connectivity index (χ3v) is 3.45. The van der Waals surface area contributed by atoms with Crippen molar-refractivity contribution in [2.45, 2.75) is 6.92 Å². The molecule has 0 aliphatic rings. The van der Waals surface area contributed by atoms with Crippen LogP contribution in [0.4, 0.5) is 5.82 Å². The van der Waals surface area contributed by atoms with Crippen molar-refractivity contribution in [3.63, 3.8) is 0 Å². The molecule has 0 spiro atoms. The summed E-state index contributed by atoms with van der Waals surface area (Å²) in [5.41, 5.74) is 3.08. The number of benzene rings is 1. The molecule has 1 aromatic carbocycles. The molecule has 1 heterocycles. The Labute approximate surface area is 121 Å². The van der Waals surface area contributed by atoms with E-state index in [-0.39, 0.29) is 6.61 Å². The van der Waals surface area contributed by atoms with Crippen LogP contribution in [0.25, 0.3) is 11.3 Å². The summed E-state index contributed by atoms with van der Waals surface area (Å²) in [5, 5.41) is 17.4. The molecule has 2 aromatic rings. The number of aliphatic hydroxyl groups is 1. The molecule has 0 amide bonds. The molecular formula is C14H16BrN3O. The van der Waals surface area contributed by atoms with Crippen molar-refractivity contribution in [2.75, 3.05) is 25.1 Å². The molecule has 0 saturated carbocycles. The van der Waals surface area contributed by atoms with Crippen LogP contribution in [0.1, 0.15) is 5.56 Å². The lowest BCUT2D eigenvalue weighted by molar-refractivity contribution is 0.303. The zero-order valence-electron chi connectivity index (χ0n) is 11.0. The molecule has 0 atom stereocenters. The Morgan fingerprint density at radius 1 is 1.21 bits per heavy atom. The Morgan fingerprint density at radius 2 is 2.00 bits per heavy atom. The van der Waals surface area contributed by atoms with E-state index in [4.69, 9.17) is 5.11 Å². The lowest BCUT2D eigenvalue weighted by Crippen LogP contribution is -2.22. The number of aliphatic hydroxyl groups excluding tert-OH is 1. The SMILES string of the molecule is Cc1ccc(Br)cc1-c1ccc(N(C)CCO)nn1. The molecule has 100 valence electrons. The molecule has 0 radical (unpaired) electrons. The molecule has 1 N–H and O–H groups in total. The third-order valence-electron chi connectivity index (χ3n) is 2.95. The molecule has 0 aliphatic carbocycles. The number of anilines is 1. The number of aromatic nitrogens is 2. The van der Waals surface area contributed by atoms with E-state index in [1.807, 2.05) is 42.3 Å². The molecule has 4 nitrogen and oxygen atoms in total. The van der Waals surface area contributed by atoms with Crippen LogP contribution in [0.2, 0.25) is 0 Å². The summed E-state index contributed by atoms with van der Waals surface area (Å²) in [5.74, 6) is 0.755. The minimum Gasteiger partial charge on any atom is -0.395 e. The average Bonchev–Trinajstić information content (AvgIpc) is 2.42. The first-order valence-electron chi connectivity index (χ1n) is 6.04. The van der Waals surface area contributed by atoms with E-state index < -0.39 is 0 Å². The summed E-state index contributed by atoms with van der Waals surface area (Å²) < 4.78 is 1.02. The van der Waals surface area contributed by atoms with Crippen LogP contribution >= 0.6 is 15.9 Å². The van der Waals surface area contributed by atoms with E-state index in [2.05, 4.69) is 33.1 Å². The number of nitrogens with zero attached hydrogens (tertiary/aromatic N) is 3. The Morgan fingerprint density at radius 3 is 2.63 bits per heavy atom. The minimum absolute atomic E-state index is 0.102. The maximum atomic E-state index is 8.90. The standard InChI is InChI=1S/C14H16BrN3O/c1-10-3-4-11(15)9-12(10)13-5-6-14(17-16-13)18(2)7-8-19/h3-6,9,19H,7-8H2,1-2H3. The van der Waals surface area contributed by atoms with Gasteiger partial charge in [0.15, 0.2) is 5.82 Å². The number of hydrogen-bond donors (Lipinski definition) is 1. The summed E-state index contributed by atoms with van der Waals surface area (Å²) in [4.78, 5) is 1.87. The maximum Gasteiger partial charge on any atom is 0.151 e. The number of halogens is 1. The predicted molar refractivity (Wildman–Crippen MR) is 80.3 cm³/mol. The van der Waals surface area contributed by atoms with Gasteiger partial charge in [-0.2, -0.15) is 0 Å². The van der Waals surface area contributed by atoms with Crippen molar-refractivity contribution in [2.24, 2.45) is 0 Å². The largest absolute Gasteiger partial charge is 0.395 e. The van der Waals surface area contributed by atoms with Crippen LogP contribution in [0.15, 0.2) is 34.8 Å². The summed E-state index contributed by atoms with van der Waals surface area (Å²) in [6.45, 7) is 2.70. The summed E-state index contributed by atoms with van der Waals surface area (Å²) in [6, 6.07) is 9.96. The Balaban J connectivity index is 2.29. The van der Waals surface area contributed by atoms with Gasteiger partial charge in [-0.25, -0.2) is 0 Å². The van der Waals surface area contributed by atoms with Crippen LogP contribution < -0.4 is 4.90 Å². The molecule has 0 unspecified atom stereocenters. The fourth-order valence-corrected chi connectivity index (χ4v) is 2.17. The molecule has 19 heavy (non-hydrogen) atoms. The fourth-order valence-electron chi connectivity index (χ4n) is 1.81. The van der Waals surface area contributed by atoms with Gasteiger partial charge in [-0.3, -0.25) is 0 Å². The smallest absolute Gasteiger partial charge is 0.151 e. The zero-order chi connectivity index (χ0) is 13.8. The highest BCUT2D eigenvalue weighted by Gasteiger charge is 2.07. The van der Waals surface area contributed by atoms with Crippen LogP contribution in [0.5, 0.6) is 0 Å². The van der Waals surface area contributed by atoms with E-state index in [0.717, 1.165) is 27.1 Å². The van der Waals surface area contributed by atoms with Crippen LogP contribution in [-0.4, -0.2) is 35.5 Å². The summed E-state index contributed by atoms with van der Waals surface area (Å²) in [7, 11) is 1.88. The predicted octanol–water partition coefficient (Wildman–Crippen LogP) is 2.64. The van der Waals surface area contributed by atoms with Crippen molar-refractivity contribution < 1.29 is 5.11 Å². The Bertz CT molecular complexity index is 557. The van der Waals surface area contributed by atoms with E-state index in [0.29, 0.717) is 6.54 Å². The molecule has 0 fully saturated rings. The Kier molecular flexibility index (Phi) is 4.50. The molecule has 0 saturated heterocycles. The summed E-state index contributed by atoms with van der Waals surface area (Å²) >= 11 is 3.47. The fraction of sp³-hybridized carbons (Fsp3) is 0.286. The van der Waals surface area contributed by atoms with Gasteiger partial charge in [0, 0.05) is 23.6 Å². The lowest BCUT2D eigenvalue weighted by atomic mass is 10.1. The number of hydrogen-bond acceptors (Lipinski definition) is 4. The van der Waals surface area contributed by atoms with Crippen molar-refractivity contribution in [1.82, 2.24) is 10.2 Å². The monoisotopic (exact) mass is 321 g/mol. The van der Waals surface area contributed by atoms with Gasteiger partial charge >= 0.3 is 0 Å². The lowest BCUT2D eigenvalue weighted by Gasteiger charge is -2.16. The second-order valence-corrected chi connectivity index (χ2v) is 5.30. The minimum atomic E-state index is 0.102. The van der Waals surface area contributed by atoms with Crippen molar-refractivity contribution >= 4 is 21.7 Å². The quantitative estimate of drug-likeness (QED) is 0.940. The second kappa shape index (κ2) is 6.12. The first kappa shape index (κ1) is 14.0. The van der Waals surface area contributed by atoms with Gasteiger partial charge in [-0.05, 0) is 36.8 Å². The number of aryl methyl sites for hydroxylation is 1. The van der Waals surface area contributed by atoms with Crippen LogP contribution in [0.3, 0.4) is 0 Å². The first-order chi connectivity index (χ1) is 9.11. The van der Waals surface area contributed by atoms with E-state index in [1.54, 1.807) is 0 Å². The topological polar surface area (TPSA) is 49.2 Å². The van der Waals surface area contributed by atoms with E-state index in [9.17, 15) is 0 Å². The van der Waals surface area contributed by atoms with Crippen molar-refractivity contribution in [3.05, 3.63) is 40.4 Å². The highest BCUT2D eigenvalue weighted by atomic mass is 79.9. The van der Waals surface area contributed by atoms with E-state index >= 15 is 0 Å². The third kappa shape index (κ3) is 3.30. The van der Waals surface area contributed by atoms with Gasteiger partial charge in [0.25, 0.3) is 0 Å². The second-order valence-electron chi connectivity index (χ2n) is 4.38. The van der Waals surface area contributed by atoms with Gasteiger partial charge in [-0.1, -0.05) is 22.0 Å². The number of rotatable bonds is 4. The zero-order valence-corrected chi connectivity index (χ0v) is 12.6. The highest BCUT2D eigenvalue weighted by molar-refractivity contribution is 9.10. The van der Waals surface area contributed by atoms with Crippen LogP contribution in [-0.2, 0) is 0 Å². The van der Waals surface area contributed by atoms with Gasteiger partial charge in [0.1, 0.15) is 0 Å².